The number of carbonyl (C=O) groups excluding carboxylic acids is 1. The summed E-state index contributed by atoms with van der Waals surface area (Å²) in [4.78, 5) is 14.3. The van der Waals surface area contributed by atoms with Crippen LogP contribution in [0.5, 0.6) is 0 Å². The Balaban J connectivity index is 1.63. The maximum Gasteiger partial charge on any atom is 0.319 e. The minimum atomic E-state index is -0.178. The average molecular weight is 324 g/mol. The minimum Gasteiger partial charge on any atom is -0.338 e. The highest BCUT2D eigenvalue weighted by Crippen LogP contribution is 2.20. The molecule has 2 N–H and O–H groups in total. The Hall–Kier alpha value is -1.26. The number of nitrogens with one attached hydrogen (secondary N) is 2. The molecule has 1 fully saturated rings. The first kappa shape index (κ1) is 17.1. The third-order valence-electron chi connectivity index (χ3n) is 3.96. The number of halogens is 1. The van der Waals surface area contributed by atoms with Gasteiger partial charge in [0.2, 0.25) is 0 Å². The first-order valence-electron chi connectivity index (χ1n) is 8.05. The second-order valence-electron chi connectivity index (χ2n) is 6.45. The highest BCUT2D eigenvalue weighted by atomic mass is 35.5. The van der Waals surface area contributed by atoms with Crippen LogP contribution in [0, 0.1) is 11.8 Å². The molecule has 0 spiro atoms. The summed E-state index contributed by atoms with van der Waals surface area (Å²) in [5.41, 5.74) is 0.712. The number of carbonyl (C=O) groups is 1. The van der Waals surface area contributed by atoms with Crippen molar-refractivity contribution >= 4 is 23.3 Å². The van der Waals surface area contributed by atoms with E-state index in [0.717, 1.165) is 24.8 Å². The zero-order chi connectivity index (χ0) is 15.9. The average Bonchev–Trinajstić information content (AvgIpc) is 2.42. The molecule has 0 bridgehead atoms. The summed E-state index contributed by atoms with van der Waals surface area (Å²) in [6.45, 7) is 8.73. The molecular formula is C17H26ClN3O. The van der Waals surface area contributed by atoms with Crippen molar-refractivity contribution in [1.82, 2.24) is 10.2 Å². The Morgan fingerprint density at radius 3 is 2.73 bits per heavy atom. The number of nitrogens with zero attached hydrogens (tertiary/aromatic N) is 1. The van der Waals surface area contributed by atoms with Crippen LogP contribution in [0.25, 0.3) is 0 Å². The van der Waals surface area contributed by atoms with E-state index in [0.29, 0.717) is 17.3 Å². The van der Waals surface area contributed by atoms with Gasteiger partial charge in [0.15, 0.2) is 0 Å². The number of rotatable bonds is 5. The number of piperidine rings is 1. The van der Waals surface area contributed by atoms with Crippen LogP contribution >= 0.6 is 11.6 Å². The largest absolute Gasteiger partial charge is 0.338 e. The van der Waals surface area contributed by atoms with E-state index in [4.69, 9.17) is 11.6 Å². The van der Waals surface area contributed by atoms with Crippen molar-refractivity contribution in [3.05, 3.63) is 29.3 Å². The lowest BCUT2D eigenvalue weighted by atomic mass is 9.92. The number of anilines is 1. The Labute approximate surface area is 138 Å². The van der Waals surface area contributed by atoms with Crippen molar-refractivity contribution in [2.45, 2.75) is 26.7 Å². The number of hydrogen-bond acceptors (Lipinski definition) is 2. The standard InChI is InChI=1S/C17H26ClN3O/c1-13-9-14(2)12-21(11-13)8-4-7-19-17(22)20-16-6-3-5-15(18)10-16/h3,5-6,10,13-14H,4,7-9,11-12H2,1-2H3,(H2,19,20,22)/t13-,14+. The van der Waals surface area contributed by atoms with Crippen LogP contribution in [-0.4, -0.2) is 37.1 Å². The molecule has 2 rings (SSSR count). The summed E-state index contributed by atoms with van der Waals surface area (Å²) in [6.07, 6.45) is 2.30. The lowest BCUT2D eigenvalue weighted by molar-refractivity contribution is 0.140. The van der Waals surface area contributed by atoms with Gasteiger partial charge in [0.1, 0.15) is 0 Å². The molecule has 1 saturated heterocycles. The summed E-state index contributed by atoms with van der Waals surface area (Å²) in [7, 11) is 0. The van der Waals surface area contributed by atoms with Crippen molar-refractivity contribution < 1.29 is 4.79 Å². The normalized spacial score (nSPS) is 22.3. The van der Waals surface area contributed by atoms with Crippen molar-refractivity contribution in [3.63, 3.8) is 0 Å². The van der Waals surface area contributed by atoms with E-state index in [1.165, 1.54) is 19.5 Å². The molecule has 1 aliphatic heterocycles. The van der Waals surface area contributed by atoms with Gasteiger partial charge in [0.25, 0.3) is 0 Å². The highest BCUT2D eigenvalue weighted by molar-refractivity contribution is 6.30. The molecular weight excluding hydrogens is 298 g/mol. The molecule has 1 aliphatic rings. The van der Waals surface area contributed by atoms with Crippen LogP contribution in [0.15, 0.2) is 24.3 Å². The van der Waals surface area contributed by atoms with Crippen LogP contribution in [0.1, 0.15) is 26.7 Å². The van der Waals surface area contributed by atoms with Crippen LogP contribution in [0.4, 0.5) is 10.5 Å². The quantitative estimate of drug-likeness (QED) is 0.809. The van der Waals surface area contributed by atoms with Crippen molar-refractivity contribution in [2.24, 2.45) is 11.8 Å². The van der Waals surface area contributed by atoms with Gasteiger partial charge in [-0.15, -0.1) is 0 Å². The van der Waals surface area contributed by atoms with E-state index >= 15 is 0 Å². The van der Waals surface area contributed by atoms with E-state index < -0.39 is 0 Å². The third-order valence-corrected chi connectivity index (χ3v) is 4.20. The molecule has 22 heavy (non-hydrogen) atoms. The van der Waals surface area contributed by atoms with E-state index in [2.05, 4.69) is 29.4 Å². The Morgan fingerprint density at radius 2 is 2.05 bits per heavy atom. The maximum atomic E-state index is 11.8. The topological polar surface area (TPSA) is 44.4 Å². The SMILES string of the molecule is C[C@@H]1C[C@H](C)CN(CCCNC(=O)Nc2cccc(Cl)c2)C1. The second kappa shape index (κ2) is 8.39. The van der Waals surface area contributed by atoms with Crippen LogP contribution in [0.2, 0.25) is 5.02 Å². The van der Waals surface area contributed by atoms with E-state index in [-0.39, 0.29) is 6.03 Å². The smallest absolute Gasteiger partial charge is 0.319 e. The van der Waals surface area contributed by atoms with Crippen LogP contribution < -0.4 is 10.6 Å². The fourth-order valence-electron chi connectivity index (χ4n) is 3.22. The third kappa shape index (κ3) is 5.85. The lowest BCUT2D eigenvalue weighted by Gasteiger charge is -2.34. The Bertz CT molecular complexity index is 485. The van der Waals surface area contributed by atoms with E-state index in [1.807, 2.05) is 12.1 Å². The fraction of sp³-hybridized carbons (Fsp3) is 0.588. The highest BCUT2D eigenvalue weighted by Gasteiger charge is 2.20. The lowest BCUT2D eigenvalue weighted by Crippen LogP contribution is -2.40. The summed E-state index contributed by atoms with van der Waals surface area (Å²) in [5.74, 6) is 1.56. The molecule has 1 aromatic carbocycles. The predicted octanol–water partition coefficient (Wildman–Crippen LogP) is 3.83. The molecule has 1 heterocycles. The molecule has 4 nitrogen and oxygen atoms in total. The summed E-state index contributed by atoms with van der Waals surface area (Å²) in [6, 6.07) is 6.98. The van der Waals surface area contributed by atoms with Gasteiger partial charge in [0, 0.05) is 30.3 Å². The van der Waals surface area contributed by atoms with E-state index in [1.54, 1.807) is 12.1 Å². The summed E-state index contributed by atoms with van der Waals surface area (Å²) >= 11 is 5.89. The Kier molecular flexibility index (Phi) is 6.52. The summed E-state index contributed by atoms with van der Waals surface area (Å²) < 4.78 is 0. The first-order chi connectivity index (χ1) is 10.5. The first-order valence-corrected chi connectivity index (χ1v) is 8.43. The van der Waals surface area contributed by atoms with Crippen molar-refractivity contribution in [1.29, 1.82) is 0 Å². The Morgan fingerprint density at radius 1 is 1.32 bits per heavy atom. The zero-order valence-electron chi connectivity index (χ0n) is 13.4. The monoisotopic (exact) mass is 323 g/mol. The van der Waals surface area contributed by atoms with Crippen LogP contribution in [-0.2, 0) is 0 Å². The number of urea groups is 1. The number of hydrogen-bond donors (Lipinski definition) is 2. The number of amides is 2. The zero-order valence-corrected chi connectivity index (χ0v) is 14.2. The predicted molar refractivity (Wildman–Crippen MR) is 92.5 cm³/mol. The molecule has 0 aliphatic carbocycles. The fourth-order valence-corrected chi connectivity index (χ4v) is 3.41. The van der Waals surface area contributed by atoms with E-state index in [9.17, 15) is 4.79 Å². The van der Waals surface area contributed by atoms with Gasteiger partial charge in [0.05, 0.1) is 0 Å². The van der Waals surface area contributed by atoms with Crippen molar-refractivity contribution in [2.75, 3.05) is 31.5 Å². The van der Waals surface area contributed by atoms with Gasteiger partial charge >= 0.3 is 6.03 Å². The minimum absolute atomic E-state index is 0.178. The van der Waals surface area contributed by atoms with Crippen molar-refractivity contribution in [3.8, 4) is 0 Å². The molecule has 2 atom stereocenters. The number of likely N-dealkylation sites (tertiary alicyclic amines) is 1. The van der Waals surface area contributed by atoms with Gasteiger partial charge < -0.3 is 15.5 Å². The van der Waals surface area contributed by atoms with Gasteiger partial charge in [-0.2, -0.15) is 0 Å². The molecule has 0 aromatic heterocycles. The summed E-state index contributed by atoms with van der Waals surface area (Å²) in [5, 5.41) is 6.30. The van der Waals surface area contributed by atoms with Gasteiger partial charge in [-0.3, -0.25) is 0 Å². The van der Waals surface area contributed by atoms with Gasteiger partial charge in [-0.25, -0.2) is 4.79 Å². The molecule has 122 valence electrons. The molecule has 2 amide bonds. The second-order valence-corrected chi connectivity index (χ2v) is 6.89. The molecule has 5 heteroatoms. The van der Waals surface area contributed by atoms with Gasteiger partial charge in [-0.1, -0.05) is 31.5 Å². The maximum absolute atomic E-state index is 11.8. The molecule has 0 saturated carbocycles. The molecule has 0 radical (unpaired) electrons. The van der Waals surface area contributed by atoms with Crippen LogP contribution in [0.3, 0.4) is 0 Å². The number of benzene rings is 1. The molecule has 1 aromatic rings. The van der Waals surface area contributed by atoms with Gasteiger partial charge in [-0.05, 0) is 49.4 Å². The molecule has 0 unspecified atom stereocenters.